The SMILES string of the molecule is Cc1nccc(-c2cccc(NCC(=O)Nc3ccc(S(=O)(=O)N4CCOCC4)cc3)c2)n1. The minimum Gasteiger partial charge on any atom is -0.379 e. The minimum absolute atomic E-state index is 0.0556. The first-order valence-corrected chi connectivity index (χ1v) is 12.0. The molecule has 1 amide bonds. The van der Waals surface area contributed by atoms with Crippen molar-refractivity contribution < 1.29 is 17.9 Å². The summed E-state index contributed by atoms with van der Waals surface area (Å²) in [6, 6.07) is 15.6. The molecule has 0 saturated carbocycles. The average molecular weight is 468 g/mol. The first-order valence-electron chi connectivity index (χ1n) is 10.5. The van der Waals surface area contributed by atoms with E-state index in [1.165, 1.54) is 16.4 Å². The van der Waals surface area contributed by atoms with Gasteiger partial charge < -0.3 is 15.4 Å². The van der Waals surface area contributed by atoms with E-state index in [0.717, 1.165) is 16.9 Å². The lowest BCUT2D eigenvalue weighted by molar-refractivity contribution is -0.114. The van der Waals surface area contributed by atoms with E-state index in [-0.39, 0.29) is 17.3 Å². The molecule has 2 aromatic carbocycles. The Labute approximate surface area is 192 Å². The maximum absolute atomic E-state index is 12.7. The zero-order chi connectivity index (χ0) is 23.3. The second kappa shape index (κ2) is 10.1. The molecule has 2 heterocycles. The highest BCUT2D eigenvalue weighted by Crippen LogP contribution is 2.21. The van der Waals surface area contributed by atoms with Crippen LogP contribution in [0.4, 0.5) is 11.4 Å². The van der Waals surface area contributed by atoms with Crippen molar-refractivity contribution in [1.29, 1.82) is 0 Å². The van der Waals surface area contributed by atoms with Gasteiger partial charge >= 0.3 is 0 Å². The number of aryl methyl sites for hydroxylation is 1. The van der Waals surface area contributed by atoms with Crippen LogP contribution in [-0.4, -0.2) is 61.4 Å². The van der Waals surface area contributed by atoms with Crippen LogP contribution in [0.15, 0.2) is 65.7 Å². The number of carbonyl (C=O) groups excluding carboxylic acids is 1. The van der Waals surface area contributed by atoms with E-state index in [2.05, 4.69) is 20.6 Å². The van der Waals surface area contributed by atoms with Crippen LogP contribution >= 0.6 is 0 Å². The molecule has 33 heavy (non-hydrogen) atoms. The minimum atomic E-state index is -3.56. The van der Waals surface area contributed by atoms with Crippen molar-refractivity contribution >= 4 is 27.3 Å². The van der Waals surface area contributed by atoms with Crippen LogP contribution in [-0.2, 0) is 19.6 Å². The van der Waals surface area contributed by atoms with Gasteiger partial charge in [-0.25, -0.2) is 18.4 Å². The van der Waals surface area contributed by atoms with E-state index in [1.54, 1.807) is 18.3 Å². The van der Waals surface area contributed by atoms with Gasteiger partial charge in [0.05, 0.1) is 30.3 Å². The van der Waals surface area contributed by atoms with E-state index in [9.17, 15) is 13.2 Å². The summed E-state index contributed by atoms with van der Waals surface area (Å²) in [5.41, 5.74) is 3.03. The summed E-state index contributed by atoms with van der Waals surface area (Å²) in [5.74, 6) is 0.441. The van der Waals surface area contributed by atoms with Crippen LogP contribution in [0, 0.1) is 6.92 Å². The van der Waals surface area contributed by atoms with E-state index in [1.807, 2.05) is 37.3 Å². The summed E-state index contributed by atoms with van der Waals surface area (Å²) < 4.78 is 32.0. The molecule has 1 saturated heterocycles. The fourth-order valence-corrected chi connectivity index (χ4v) is 4.85. The fourth-order valence-electron chi connectivity index (χ4n) is 3.44. The van der Waals surface area contributed by atoms with E-state index in [0.29, 0.717) is 37.8 Å². The molecule has 4 rings (SSSR count). The van der Waals surface area contributed by atoms with Crippen LogP contribution in [0.3, 0.4) is 0 Å². The van der Waals surface area contributed by atoms with Crippen molar-refractivity contribution in [3.05, 3.63) is 66.6 Å². The monoisotopic (exact) mass is 467 g/mol. The summed E-state index contributed by atoms with van der Waals surface area (Å²) in [5, 5.41) is 5.87. The number of hydrogen-bond donors (Lipinski definition) is 2. The molecule has 10 heteroatoms. The van der Waals surface area contributed by atoms with E-state index in [4.69, 9.17) is 4.74 Å². The van der Waals surface area contributed by atoms with Crippen molar-refractivity contribution in [2.75, 3.05) is 43.5 Å². The van der Waals surface area contributed by atoms with Gasteiger partial charge in [0.25, 0.3) is 0 Å². The Balaban J connectivity index is 1.34. The normalized spacial score (nSPS) is 14.6. The van der Waals surface area contributed by atoms with Gasteiger partial charge in [-0.15, -0.1) is 0 Å². The molecule has 3 aromatic rings. The first-order chi connectivity index (χ1) is 15.9. The highest BCUT2D eigenvalue weighted by molar-refractivity contribution is 7.89. The fraction of sp³-hybridized carbons (Fsp3) is 0.261. The zero-order valence-electron chi connectivity index (χ0n) is 18.2. The van der Waals surface area contributed by atoms with Crippen LogP contribution in [0.1, 0.15) is 5.82 Å². The van der Waals surface area contributed by atoms with Crippen LogP contribution < -0.4 is 10.6 Å². The summed E-state index contributed by atoms with van der Waals surface area (Å²) in [6.07, 6.45) is 1.71. The van der Waals surface area contributed by atoms with Crippen molar-refractivity contribution in [2.45, 2.75) is 11.8 Å². The summed E-state index contributed by atoms with van der Waals surface area (Å²) in [6.45, 7) is 3.35. The number of rotatable bonds is 7. The van der Waals surface area contributed by atoms with Gasteiger partial charge in [0.1, 0.15) is 5.82 Å². The third kappa shape index (κ3) is 5.72. The maximum Gasteiger partial charge on any atom is 0.243 e. The maximum atomic E-state index is 12.7. The Bertz CT molecular complexity index is 1230. The molecule has 172 valence electrons. The average Bonchev–Trinajstić information content (AvgIpc) is 2.84. The number of amides is 1. The molecule has 2 N–H and O–H groups in total. The molecule has 1 fully saturated rings. The third-order valence-corrected chi connectivity index (χ3v) is 7.05. The second-order valence-corrected chi connectivity index (χ2v) is 9.45. The van der Waals surface area contributed by atoms with Gasteiger partial charge in [-0.2, -0.15) is 4.31 Å². The molecule has 0 spiro atoms. The number of sulfonamides is 1. The lowest BCUT2D eigenvalue weighted by Gasteiger charge is -2.26. The summed E-state index contributed by atoms with van der Waals surface area (Å²) in [4.78, 5) is 21.1. The predicted octanol–water partition coefficient (Wildman–Crippen LogP) is 2.52. The van der Waals surface area contributed by atoms with Crippen LogP contribution in [0.25, 0.3) is 11.3 Å². The number of morpholine rings is 1. The number of aromatic nitrogens is 2. The molecule has 9 nitrogen and oxygen atoms in total. The van der Waals surface area contributed by atoms with Crippen LogP contribution in [0.2, 0.25) is 0 Å². The van der Waals surface area contributed by atoms with E-state index < -0.39 is 10.0 Å². The number of anilines is 2. The Morgan fingerprint density at radius 1 is 1.06 bits per heavy atom. The van der Waals surface area contributed by atoms with Gasteiger partial charge in [0, 0.05) is 36.2 Å². The van der Waals surface area contributed by atoms with Crippen molar-refractivity contribution in [1.82, 2.24) is 14.3 Å². The molecule has 1 aromatic heterocycles. The topological polar surface area (TPSA) is 114 Å². The number of nitrogens with zero attached hydrogens (tertiary/aromatic N) is 3. The van der Waals surface area contributed by atoms with Crippen molar-refractivity contribution in [3.63, 3.8) is 0 Å². The molecule has 0 atom stereocenters. The lowest BCUT2D eigenvalue weighted by Crippen LogP contribution is -2.40. The summed E-state index contributed by atoms with van der Waals surface area (Å²) >= 11 is 0. The number of hydrogen-bond acceptors (Lipinski definition) is 7. The van der Waals surface area contributed by atoms with Gasteiger partial charge in [-0.3, -0.25) is 4.79 Å². The molecule has 0 bridgehead atoms. The van der Waals surface area contributed by atoms with Crippen LogP contribution in [0.5, 0.6) is 0 Å². The van der Waals surface area contributed by atoms with Gasteiger partial charge in [-0.1, -0.05) is 12.1 Å². The molecule has 0 radical (unpaired) electrons. The Morgan fingerprint density at radius 2 is 1.82 bits per heavy atom. The highest BCUT2D eigenvalue weighted by atomic mass is 32.2. The Morgan fingerprint density at radius 3 is 2.55 bits per heavy atom. The number of carbonyl (C=O) groups is 1. The highest BCUT2D eigenvalue weighted by Gasteiger charge is 2.26. The largest absolute Gasteiger partial charge is 0.379 e. The number of ether oxygens (including phenoxy) is 1. The molecule has 0 aliphatic carbocycles. The second-order valence-electron chi connectivity index (χ2n) is 7.51. The van der Waals surface area contributed by atoms with Crippen molar-refractivity contribution in [3.8, 4) is 11.3 Å². The molecular formula is C23H25N5O4S. The number of benzene rings is 2. The smallest absolute Gasteiger partial charge is 0.243 e. The van der Waals surface area contributed by atoms with Crippen molar-refractivity contribution in [2.24, 2.45) is 0 Å². The third-order valence-electron chi connectivity index (χ3n) is 5.13. The molecule has 1 aliphatic heterocycles. The lowest BCUT2D eigenvalue weighted by atomic mass is 10.1. The van der Waals surface area contributed by atoms with Gasteiger partial charge in [-0.05, 0) is 49.4 Å². The molecule has 1 aliphatic rings. The summed E-state index contributed by atoms with van der Waals surface area (Å²) in [7, 11) is -3.56. The quantitative estimate of drug-likeness (QED) is 0.549. The molecular weight excluding hydrogens is 442 g/mol. The first kappa shape index (κ1) is 22.8. The predicted molar refractivity (Wildman–Crippen MR) is 125 cm³/mol. The standard InChI is InChI=1S/C23H25N5O4S/c1-17-24-10-9-22(26-17)18-3-2-4-20(15-18)25-16-23(29)27-19-5-7-21(8-6-19)33(30,31)28-11-13-32-14-12-28/h2-10,15,25H,11-14,16H2,1H3,(H,27,29). The van der Waals surface area contributed by atoms with E-state index >= 15 is 0 Å². The van der Waals surface area contributed by atoms with Gasteiger partial charge in [0.2, 0.25) is 15.9 Å². The Hall–Kier alpha value is -3.34. The molecule has 0 unspecified atom stereocenters. The Kier molecular flexibility index (Phi) is 6.97. The number of nitrogens with one attached hydrogen (secondary N) is 2. The zero-order valence-corrected chi connectivity index (χ0v) is 19.0. The van der Waals surface area contributed by atoms with Gasteiger partial charge in [0.15, 0.2) is 0 Å².